The molecule has 0 aliphatic carbocycles. The summed E-state index contributed by atoms with van der Waals surface area (Å²) in [5.41, 5.74) is 1.65. The van der Waals surface area contributed by atoms with Gasteiger partial charge in [-0.3, -0.25) is 9.59 Å². The van der Waals surface area contributed by atoms with Gasteiger partial charge >= 0.3 is 6.18 Å². The monoisotopic (exact) mass is 438 g/mol. The Morgan fingerprint density at radius 2 is 1.69 bits per heavy atom. The fourth-order valence-electron chi connectivity index (χ4n) is 4.00. The van der Waals surface area contributed by atoms with E-state index in [1.54, 1.807) is 29.2 Å². The lowest BCUT2D eigenvalue weighted by Gasteiger charge is -2.23. The predicted octanol–water partition coefficient (Wildman–Crippen LogP) is 5.23. The molecule has 0 aromatic heterocycles. The maximum Gasteiger partial charge on any atom is 0.417 e. The van der Waals surface area contributed by atoms with Crippen LogP contribution < -0.4 is 10.2 Å². The third-order valence-corrected chi connectivity index (χ3v) is 5.54. The molecule has 0 saturated heterocycles. The number of amides is 2. The van der Waals surface area contributed by atoms with Gasteiger partial charge < -0.3 is 10.2 Å². The Hall–Kier alpha value is -3.61. The van der Waals surface area contributed by atoms with Crippen LogP contribution in [-0.2, 0) is 19.1 Å². The van der Waals surface area contributed by atoms with Crippen LogP contribution in [0.5, 0.6) is 0 Å². The van der Waals surface area contributed by atoms with Gasteiger partial charge in [-0.1, -0.05) is 42.5 Å². The second-order valence-corrected chi connectivity index (χ2v) is 7.78. The Morgan fingerprint density at radius 3 is 2.41 bits per heavy atom. The van der Waals surface area contributed by atoms with Crippen molar-refractivity contribution in [1.82, 2.24) is 5.32 Å². The number of nitrogens with zero attached hydrogens (tertiary/aromatic N) is 1. The largest absolute Gasteiger partial charge is 0.417 e. The summed E-state index contributed by atoms with van der Waals surface area (Å²) in [4.78, 5) is 27.2. The molecule has 3 aromatic rings. The van der Waals surface area contributed by atoms with Crippen LogP contribution in [0.15, 0.2) is 72.8 Å². The zero-order valence-electron chi connectivity index (χ0n) is 17.3. The standard InChI is InChI=1S/C25H21F3N2O2/c1-16-13-19-12-11-17(14-22(19)30(16)24(32)18-7-3-2-4-8-18)15-29-23(31)20-9-5-6-10-21(20)25(26,27)28/h2-12,14,16H,13,15H2,1H3,(H,29,31). The highest BCUT2D eigenvalue weighted by molar-refractivity contribution is 6.07. The summed E-state index contributed by atoms with van der Waals surface area (Å²) < 4.78 is 39.6. The lowest BCUT2D eigenvalue weighted by Crippen LogP contribution is -2.35. The number of benzene rings is 3. The second-order valence-electron chi connectivity index (χ2n) is 7.78. The summed E-state index contributed by atoms with van der Waals surface area (Å²) in [6.45, 7) is 2.01. The molecule has 0 spiro atoms. The van der Waals surface area contributed by atoms with E-state index in [2.05, 4.69) is 5.32 Å². The third-order valence-electron chi connectivity index (χ3n) is 5.54. The van der Waals surface area contributed by atoms with E-state index in [0.29, 0.717) is 17.5 Å². The van der Waals surface area contributed by atoms with Gasteiger partial charge in [0.1, 0.15) is 0 Å². The van der Waals surface area contributed by atoms with Crippen LogP contribution in [0.1, 0.15) is 44.3 Å². The highest BCUT2D eigenvalue weighted by Gasteiger charge is 2.35. The number of carbonyl (C=O) groups excluding carboxylic acids is 2. The molecular weight excluding hydrogens is 417 g/mol. The summed E-state index contributed by atoms with van der Waals surface area (Å²) in [5, 5.41) is 2.56. The lowest BCUT2D eigenvalue weighted by atomic mass is 10.1. The molecule has 3 aromatic carbocycles. The molecule has 1 atom stereocenters. The minimum atomic E-state index is -4.62. The molecule has 164 valence electrons. The molecule has 7 heteroatoms. The van der Waals surface area contributed by atoms with Gasteiger partial charge in [0.15, 0.2) is 0 Å². The topological polar surface area (TPSA) is 49.4 Å². The molecule has 4 nitrogen and oxygen atoms in total. The van der Waals surface area contributed by atoms with Crippen molar-refractivity contribution in [2.75, 3.05) is 4.90 Å². The number of carbonyl (C=O) groups is 2. The Kier molecular flexibility index (Phi) is 5.74. The number of alkyl halides is 3. The van der Waals surface area contributed by atoms with E-state index in [-0.39, 0.29) is 18.5 Å². The van der Waals surface area contributed by atoms with Gasteiger partial charge in [-0.2, -0.15) is 13.2 Å². The van der Waals surface area contributed by atoms with Crippen LogP contribution in [0.3, 0.4) is 0 Å². The van der Waals surface area contributed by atoms with Gasteiger partial charge in [-0.25, -0.2) is 0 Å². The van der Waals surface area contributed by atoms with E-state index >= 15 is 0 Å². The van der Waals surface area contributed by atoms with Crippen LogP contribution in [0.4, 0.5) is 18.9 Å². The van der Waals surface area contributed by atoms with Gasteiger partial charge in [0.25, 0.3) is 11.8 Å². The van der Waals surface area contributed by atoms with Crippen molar-refractivity contribution in [3.63, 3.8) is 0 Å². The molecule has 1 unspecified atom stereocenters. The molecule has 2 amide bonds. The average Bonchev–Trinajstić information content (AvgIpc) is 3.12. The molecule has 1 aliphatic heterocycles. The van der Waals surface area contributed by atoms with Crippen molar-refractivity contribution in [3.05, 3.63) is 101 Å². The van der Waals surface area contributed by atoms with Crippen molar-refractivity contribution in [2.24, 2.45) is 0 Å². The number of hydrogen-bond acceptors (Lipinski definition) is 2. The molecule has 0 fully saturated rings. The van der Waals surface area contributed by atoms with E-state index in [9.17, 15) is 22.8 Å². The molecule has 32 heavy (non-hydrogen) atoms. The number of nitrogens with one attached hydrogen (secondary N) is 1. The molecule has 0 bridgehead atoms. The SMILES string of the molecule is CC1Cc2ccc(CNC(=O)c3ccccc3C(F)(F)F)cc2N1C(=O)c1ccccc1. The Balaban J connectivity index is 1.54. The van der Waals surface area contributed by atoms with Crippen molar-refractivity contribution in [3.8, 4) is 0 Å². The van der Waals surface area contributed by atoms with E-state index in [4.69, 9.17) is 0 Å². The number of fused-ring (bicyclic) bond motifs is 1. The highest BCUT2D eigenvalue weighted by Crippen LogP contribution is 2.35. The van der Waals surface area contributed by atoms with Gasteiger partial charge in [0, 0.05) is 23.8 Å². The minimum absolute atomic E-state index is 0.0267. The first-order valence-corrected chi connectivity index (χ1v) is 10.2. The zero-order valence-corrected chi connectivity index (χ0v) is 17.3. The number of rotatable bonds is 4. The quantitative estimate of drug-likeness (QED) is 0.607. The second kappa shape index (κ2) is 8.49. The number of halogens is 3. The normalized spacial score (nSPS) is 15.4. The van der Waals surface area contributed by atoms with Crippen molar-refractivity contribution < 1.29 is 22.8 Å². The third kappa shape index (κ3) is 4.23. The maximum absolute atomic E-state index is 13.2. The Morgan fingerprint density at radius 1 is 1.00 bits per heavy atom. The average molecular weight is 438 g/mol. The zero-order chi connectivity index (χ0) is 22.9. The van der Waals surface area contributed by atoms with Crippen molar-refractivity contribution in [2.45, 2.75) is 32.1 Å². The van der Waals surface area contributed by atoms with Gasteiger partial charge in [-0.05, 0) is 54.8 Å². The summed E-state index contributed by atoms with van der Waals surface area (Å²) in [7, 11) is 0. The molecular formula is C25H21F3N2O2. The van der Waals surface area contributed by atoms with Gasteiger partial charge in [0.2, 0.25) is 0 Å². The van der Waals surface area contributed by atoms with E-state index < -0.39 is 23.2 Å². The smallest absolute Gasteiger partial charge is 0.348 e. The van der Waals surface area contributed by atoms with Crippen LogP contribution in [0.25, 0.3) is 0 Å². The van der Waals surface area contributed by atoms with Gasteiger partial charge in [-0.15, -0.1) is 0 Å². The molecule has 1 N–H and O–H groups in total. The number of hydrogen-bond donors (Lipinski definition) is 1. The predicted molar refractivity (Wildman–Crippen MR) is 115 cm³/mol. The lowest BCUT2D eigenvalue weighted by molar-refractivity contribution is -0.137. The first-order valence-electron chi connectivity index (χ1n) is 10.2. The van der Waals surface area contributed by atoms with Gasteiger partial charge in [0.05, 0.1) is 11.1 Å². The van der Waals surface area contributed by atoms with Crippen LogP contribution >= 0.6 is 0 Å². The number of anilines is 1. The summed E-state index contributed by atoms with van der Waals surface area (Å²) >= 11 is 0. The van der Waals surface area contributed by atoms with Crippen LogP contribution in [0.2, 0.25) is 0 Å². The van der Waals surface area contributed by atoms with Crippen molar-refractivity contribution >= 4 is 17.5 Å². The molecule has 0 radical (unpaired) electrons. The maximum atomic E-state index is 13.2. The van der Waals surface area contributed by atoms with E-state index in [0.717, 1.165) is 23.4 Å². The van der Waals surface area contributed by atoms with Crippen LogP contribution in [0, 0.1) is 0 Å². The fraction of sp³-hybridized carbons (Fsp3) is 0.200. The Bertz CT molecular complexity index is 1160. The van der Waals surface area contributed by atoms with E-state index in [1.807, 2.05) is 31.2 Å². The van der Waals surface area contributed by atoms with Crippen molar-refractivity contribution in [1.29, 1.82) is 0 Å². The molecule has 4 rings (SSSR count). The fourth-order valence-corrected chi connectivity index (χ4v) is 4.00. The van der Waals surface area contributed by atoms with Crippen LogP contribution in [-0.4, -0.2) is 17.9 Å². The highest BCUT2D eigenvalue weighted by atomic mass is 19.4. The molecule has 1 heterocycles. The summed E-state index contributed by atoms with van der Waals surface area (Å²) in [6, 6.07) is 19.2. The summed E-state index contributed by atoms with van der Waals surface area (Å²) in [5.74, 6) is -0.916. The first-order chi connectivity index (χ1) is 15.3. The first kappa shape index (κ1) is 21.6. The van der Waals surface area contributed by atoms with E-state index in [1.165, 1.54) is 12.1 Å². The molecule has 0 saturated carbocycles. The minimum Gasteiger partial charge on any atom is -0.348 e. The summed E-state index contributed by atoms with van der Waals surface area (Å²) in [6.07, 6.45) is -3.91. The Labute approximate surface area is 183 Å². The molecule has 1 aliphatic rings.